The van der Waals surface area contributed by atoms with Crippen molar-refractivity contribution in [2.24, 2.45) is 11.1 Å². The Bertz CT molecular complexity index is 101. The Balaban J connectivity index is 3.46. The summed E-state index contributed by atoms with van der Waals surface area (Å²) in [5.74, 6) is -1.63. The first-order valence-corrected chi connectivity index (χ1v) is 2.20. The van der Waals surface area contributed by atoms with Crippen molar-refractivity contribution in [2.45, 2.75) is 6.92 Å². The van der Waals surface area contributed by atoms with Crippen LogP contribution in [0.15, 0.2) is 5.18 Å². The molecule has 0 fully saturated rings. The standard InChI is InChI=1S/C4H7NO3/c1-3(2-5-8)4(6)7/h3H,2H2,1H3,(H,6,7)/t3-/m0/s1. The van der Waals surface area contributed by atoms with Crippen LogP contribution in [-0.2, 0) is 4.79 Å². The summed E-state index contributed by atoms with van der Waals surface area (Å²) in [5, 5.41) is 10.5. The van der Waals surface area contributed by atoms with Crippen LogP contribution in [0.25, 0.3) is 0 Å². The summed E-state index contributed by atoms with van der Waals surface area (Å²) in [6.07, 6.45) is 0. The summed E-state index contributed by atoms with van der Waals surface area (Å²) in [5.41, 5.74) is 0. The molecule has 0 saturated carbocycles. The Labute approximate surface area is 46.5 Å². The third kappa shape index (κ3) is 2.28. The topological polar surface area (TPSA) is 66.7 Å². The van der Waals surface area contributed by atoms with Crippen LogP contribution in [0.3, 0.4) is 0 Å². The van der Waals surface area contributed by atoms with Crippen LogP contribution in [0.5, 0.6) is 0 Å². The van der Waals surface area contributed by atoms with Gasteiger partial charge < -0.3 is 5.11 Å². The first-order valence-electron chi connectivity index (χ1n) is 2.20. The maximum absolute atomic E-state index is 9.89. The molecule has 8 heavy (non-hydrogen) atoms. The average Bonchev–Trinajstić information content (AvgIpc) is 1.67. The molecule has 4 nitrogen and oxygen atoms in total. The number of carbonyl (C=O) groups is 1. The summed E-state index contributed by atoms with van der Waals surface area (Å²) in [7, 11) is 0. The van der Waals surface area contributed by atoms with Crippen LogP contribution in [-0.4, -0.2) is 17.6 Å². The number of aliphatic carboxylic acids is 1. The summed E-state index contributed by atoms with van der Waals surface area (Å²) in [4.78, 5) is 19.3. The van der Waals surface area contributed by atoms with E-state index in [0.29, 0.717) is 0 Å². The maximum atomic E-state index is 9.89. The van der Waals surface area contributed by atoms with Crippen LogP contribution in [0.2, 0.25) is 0 Å². The fraction of sp³-hybridized carbons (Fsp3) is 0.750. The second-order valence-corrected chi connectivity index (χ2v) is 1.55. The van der Waals surface area contributed by atoms with E-state index in [2.05, 4.69) is 5.18 Å². The number of hydrogen-bond donors (Lipinski definition) is 1. The van der Waals surface area contributed by atoms with Crippen molar-refractivity contribution in [2.75, 3.05) is 6.54 Å². The minimum absolute atomic E-state index is 0.144. The van der Waals surface area contributed by atoms with Gasteiger partial charge in [-0.1, -0.05) is 5.18 Å². The molecule has 0 radical (unpaired) electrons. The van der Waals surface area contributed by atoms with Crippen molar-refractivity contribution in [3.05, 3.63) is 4.91 Å². The number of nitrogens with zero attached hydrogens (tertiary/aromatic N) is 1. The van der Waals surface area contributed by atoms with Gasteiger partial charge in [-0.25, -0.2) is 0 Å². The summed E-state index contributed by atoms with van der Waals surface area (Å²) >= 11 is 0. The lowest BCUT2D eigenvalue weighted by Crippen LogP contribution is -2.11. The molecule has 4 heteroatoms. The fourth-order valence-corrected chi connectivity index (χ4v) is 0.190. The molecule has 0 heterocycles. The van der Waals surface area contributed by atoms with Crippen LogP contribution in [0.1, 0.15) is 6.92 Å². The summed E-state index contributed by atoms with van der Waals surface area (Å²) in [6, 6.07) is 0. The molecule has 0 unspecified atom stereocenters. The number of rotatable bonds is 3. The summed E-state index contributed by atoms with van der Waals surface area (Å²) in [6.45, 7) is 1.29. The van der Waals surface area contributed by atoms with Crippen molar-refractivity contribution in [3.63, 3.8) is 0 Å². The maximum Gasteiger partial charge on any atom is 0.308 e. The number of carboxylic acids is 1. The molecule has 0 aromatic rings. The molecular weight excluding hydrogens is 110 g/mol. The minimum Gasteiger partial charge on any atom is -0.481 e. The van der Waals surface area contributed by atoms with E-state index in [1.807, 2.05) is 0 Å². The first kappa shape index (κ1) is 7.07. The van der Waals surface area contributed by atoms with Gasteiger partial charge in [-0.05, 0) is 6.92 Å². The molecule has 0 bridgehead atoms. The normalized spacial score (nSPS) is 12.6. The van der Waals surface area contributed by atoms with Crippen molar-refractivity contribution in [3.8, 4) is 0 Å². The van der Waals surface area contributed by atoms with E-state index in [0.717, 1.165) is 0 Å². The Morgan fingerprint density at radius 2 is 2.38 bits per heavy atom. The molecule has 0 saturated heterocycles. The largest absolute Gasteiger partial charge is 0.481 e. The van der Waals surface area contributed by atoms with Gasteiger partial charge in [-0.2, -0.15) is 4.91 Å². The van der Waals surface area contributed by atoms with E-state index in [4.69, 9.17) is 5.11 Å². The van der Waals surface area contributed by atoms with Crippen LogP contribution in [0.4, 0.5) is 0 Å². The summed E-state index contributed by atoms with van der Waals surface area (Å²) < 4.78 is 0. The Morgan fingerprint density at radius 3 is 2.50 bits per heavy atom. The highest BCUT2D eigenvalue weighted by molar-refractivity contribution is 5.69. The van der Waals surface area contributed by atoms with Gasteiger partial charge in [-0.15, -0.1) is 0 Å². The Hall–Kier alpha value is -0.930. The smallest absolute Gasteiger partial charge is 0.308 e. The van der Waals surface area contributed by atoms with Gasteiger partial charge >= 0.3 is 5.97 Å². The molecule has 0 amide bonds. The average molecular weight is 117 g/mol. The molecule has 0 spiro atoms. The molecule has 0 aliphatic heterocycles. The van der Waals surface area contributed by atoms with E-state index in [9.17, 15) is 9.70 Å². The highest BCUT2D eigenvalue weighted by Crippen LogP contribution is 1.92. The van der Waals surface area contributed by atoms with E-state index in [-0.39, 0.29) is 6.54 Å². The second-order valence-electron chi connectivity index (χ2n) is 1.55. The molecular formula is C4H7NO3. The molecule has 0 aromatic heterocycles. The van der Waals surface area contributed by atoms with Crippen molar-refractivity contribution >= 4 is 5.97 Å². The monoisotopic (exact) mass is 117 g/mol. The lowest BCUT2D eigenvalue weighted by atomic mass is 10.2. The highest BCUT2D eigenvalue weighted by Gasteiger charge is 2.08. The lowest BCUT2D eigenvalue weighted by molar-refractivity contribution is -0.140. The zero-order chi connectivity index (χ0) is 6.57. The molecule has 0 aromatic carbocycles. The van der Waals surface area contributed by atoms with Gasteiger partial charge in [0.1, 0.15) is 0 Å². The third-order valence-electron chi connectivity index (χ3n) is 0.770. The predicted molar refractivity (Wildman–Crippen MR) is 27.5 cm³/mol. The zero-order valence-corrected chi connectivity index (χ0v) is 4.50. The number of hydrogen-bond acceptors (Lipinski definition) is 3. The fourth-order valence-electron chi connectivity index (χ4n) is 0.190. The van der Waals surface area contributed by atoms with Crippen LogP contribution < -0.4 is 0 Å². The van der Waals surface area contributed by atoms with Crippen LogP contribution in [0, 0.1) is 10.8 Å². The van der Waals surface area contributed by atoms with Crippen LogP contribution >= 0.6 is 0 Å². The molecule has 0 aliphatic rings. The van der Waals surface area contributed by atoms with Gasteiger partial charge in [0, 0.05) is 0 Å². The van der Waals surface area contributed by atoms with E-state index in [1.165, 1.54) is 6.92 Å². The molecule has 0 rings (SSSR count). The molecule has 1 N–H and O–H groups in total. The molecule has 1 atom stereocenters. The first-order chi connectivity index (χ1) is 3.68. The third-order valence-corrected chi connectivity index (χ3v) is 0.770. The SMILES string of the molecule is C[C@@H](CN=O)C(=O)O. The number of carboxylic acid groups (broad SMARTS) is 1. The van der Waals surface area contributed by atoms with Gasteiger partial charge in [0.2, 0.25) is 0 Å². The van der Waals surface area contributed by atoms with Crippen molar-refractivity contribution < 1.29 is 9.90 Å². The van der Waals surface area contributed by atoms with E-state index < -0.39 is 11.9 Å². The zero-order valence-electron chi connectivity index (χ0n) is 4.50. The molecule has 0 aliphatic carbocycles. The quantitative estimate of drug-likeness (QED) is 0.546. The lowest BCUT2D eigenvalue weighted by Gasteiger charge is -1.94. The Morgan fingerprint density at radius 1 is 1.88 bits per heavy atom. The van der Waals surface area contributed by atoms with E-state index in [1.54, 1.807) is 0 Å². The highest BCUT2D eigenvalue weighted by atomic mass is 16.4. The second kappa shape index (κ2) is 3.12. The van der Waals surface area contributed by atoms with Gasteiger partial charge in [0.05, 0.1) is 12.5 Å². The Kier molecular flexibility index (Phi) is 2.76. The van der Waals surface area contributed by atoms with Crippen molar-refractivity contribution in [1.29, 1.82) is 0 Å². The predicted octanol–water partition coefficient (Wildman–Crippen LogP) is 0.473. The molecule has 46 valence electrons. The minimum atomic E-state index is -0.982. The van der Waals surface area contributed by atoms with Crippen molar-refractivity contribution in [1.82, 2.24) is 0 Å². The van der Waals surface area contributed by atoms with Gasteiger partial charge in [-0.3, -0.25) is 4.79 Å². The van der Waals surface area contributed by atoms with Gasteiger partial charge in [0.25, 0.3) is 0 Å². The number of nitroso groups, excluding NO2 is 1. The van der Waals surface area contributed by atoms with E-state index >= 15 is 0 Å². The van der Waals surface area contributed by atoms with Gasteiger partial charge in [0.15, 0.2) is 0 Å².